The van der Waals surface area contributed by atoms with Crippen LogP contribution in [0.25, 0.3) is 0 Å². The molecule has 0 atom stereocenters. The Morgan fingerprint density at radius 2 is 2.41 bits per heavy atom. The summed E-state index contributed by atoms with van der Waals surface area (Å²) in [7, 11) is 0. The normalized spacial score (nSPS) is 10.4. The van der Waals surface area contributed by atoms with E-state index in [-0.39, 0.29) is 6.54 Å². The van der Waals surface area contributed by atoms with Crippen molar-refractivity contribution in [1.82, 2.24) is 14.8 Å². The third kappa shape index (κ3) is 2.28. The zero-order valence-electron chi connectivity index (χ0n) is 8.31. The highest BCUT2D eigenvalue weighted by Crippen LogP contribution is 2.18. The summed E-state index contributed by atoms with van der Waals surface area (Å²) in [6.07, 6.45) is 2.70. The van der Waals surface area contributed by atoms with Crippen molar-refractivity contribution < 1.29 is 14.8 Å². The van der Waals surface area contributed by atoms with Crippen LogP contribution in [-0.4, -0.2) is 30.8 Å². The summed E-state index contributed by atoms with van der Waals surface area (Å²) in [5, 5.41) is 23.0. The summed E-state index contributed by atoms with van der Waals surface area (Å²) in [6.45, 7) is 0.263. The predicted molar refractivity (Wildman–Crippen MR) is 57.1 cm³/mol. The molecule has 88 valence electrons. The van der Waals surface area contributed by atoms with E-state index in [4.69, 9.17) is 5.11 Å². The number of hydrogen-bond acceptors (Lipinski definition) is 6. The minimum absolute atomic E-state index is 0.263. The Morgan fingerprint density at radius 1 is 1.65 bits per heavy atom. The van der Waals surface area contributed by atoms with Gasteiger partial charge in [0.05, 0.1) is 17.0 Å². The van der Waals surface area contributed by atoms with Gasteiger partial charge in [0, 0.05) is 11.1 Å². The molecule has 0 fully saturated rings. The molecule has 2 rings (SSSR count). The maximum atomic E-state index is 10.8. The fourth-order valence-electron chi connectivity index (χ4n) is 1.26. The van der Waals surface area contributed by atoms with Gasteiger partial charge in [-0.15, -0.1) is 11.3 Å². The van der Waals surface area contributed by atoms with Crippen LogP contribution < -0.4 is 0 Å². The number of aromatic carboxylic acids is 1. The molecule has 1 N–H and O–H groups in total. The van der Waals surface area contributed by atoms with Gasteiger partial charge in [0.25, 0.3) is 0 Å². The zero-order chi connectivity index (χ0) is 12.4. The Bertz CT molecular complexity index is 531. The fourth-order valence-corrected chi connectivity index (χ4v) is 1.84. The molecule has 0 amide bonds. The number of carboxylic acids is 1. The Morgan fingerprint density at radius 3 is 2.88 bits per heavy atom. The monoisotopic (exact) mass is 254 g/mol. The average Bonchev–Trinajstić information content (AvgIpc) is 2.86. The van der Waals surface area contributed by atoms with E-state index in [0.717, 1.165) is 11.1 Å². The number of thiazole rings is 1. The smallest absolute Gasteiger partial charge is 0.363 e. The van der Waals surface area contributed by atoms with Crippen molar-refractivity contribution in [1.29, 1.82) is 0 Å². The largest absolute Gasteiger partial charge is 0.476 e. The lowest BCUT2D eigenvalue weighted by atomic mass is 10.4. The highest BCUT2D eigenvalue weighted by Gasteiger charge is 2.25. The van der Waals surface area contributed by atoms with E-state index in [2.05, 4.69) is 10.1 Å². The van der Waals surface area contributed by atoms with Crippen molar-refractivity contribution in [2.24, 2.45) is 0 Å². The molecule has 0 saturated heterocycles. The molecule has 0 radical (unpaired) electrons. The summed E-state index contributed by atoms with van der Waals surface area (Å²) >= 11 is 1.36. The Hall–Kier alpha value is -2.29. The first kappa shape index (κ1) is 11.2. The van der Waals surface area contributed by atoms with Crippen molar-refractivity contribution in [2.75, 3.05) is 0 Å². The first-order valence-electron chi connectivity index (χ1n) is 4.40. The molecule has 0 bridgehead atoms. The van der Waals surface area contributed by atoms with E-state index in [1.165, 1.54) is 16.0 Å². The quantitative estimate of drug-likeness (QED) is 0.643. The molecule has 17 heavy (non-hydrogen) atoms. The maximum Gasteiger partial charge on any atom is 0.363 e. The third-order valence-corrected chi connectivity index (χ3v) is 2.71. The van der Waals surface area contributed by atoms with Gasteiger partial charge in [0.15, 0.2) is 0 Å². The molecule has 0 unspecified atom stereocenters. The van der Waals surface area contributed by atoms with Crippen LogP contribution in [0.4, 0.5) is 5.69 Å². The number of nitrogens with zero attached hydrogens (tertiary/aromatic N) is 4. The van der Waals surface area contributed by atoms with E-state index in [0.29, 0.717) is 0 Å². The second kappa shape index (κ2) is 4.29. The lowest BCUT2D eigenvalue weighted by Gasteiger charge is -1.94. The molecule has 0 aliphatic heterocycles. The van der Waals surface area contributed by atoms with Gasteiger partial charge in [-0.05, 0) is 0 Å². The Balaban J connectivity index is 2.34. The van der Waals surface area contributed by atoms with E-state index in [9.17, 15) is 14.9 Å². The van der Waals surface area contributed by atoms with Crippen LogP contribution in [0.3, 0.4) is 0 Å². The summed E-state index contributed by atoms with van der Waals surface area (Å²) in [5.41, 5.74) is 0.548. The molecule has 2 aromatic heterocycles. The van der Waals surface area contributed by atoms with Crippen LogP contribution in [-0.2, 0) is 6.54 Å². The Kier molecular flexibility index (Phi) is 2.83. The van der Waals surface area contributed by atoms with E-state index in [1.54, 1.807) is 11.7 Å². The van der Waals surface area contributed by atoms with Crippen LogP contribution in [0, 0.1) is 10.1 Å². The second-order valence-electron chi connectivity index (χ2n) is 3.09. The van der Waals surface area contributed by atoms with Crippen molar-refractivity contribution in [3.05, 3.63) is 38.6 Å². The number of nitro groups is 1. The molecule has 2 aromatic rings. The molecule has 8 nitrogen and oxygen atoms in total. The second-order valence-corrected chi connectivity index (χ2v) is 4.06. The number of aromatic nitrogens is 3. The van der Waals surface area contributed by atoms with Gasteiger partial charge in [-0.1, -0.05) is 0 Å². The molecule has 9 heteroatoms. The van der Waals surface area contributed by atoms with Gasteiger partial charge in [0.2, 0.25) is 5.69 Å². The number of carboxylic acid groups (broad SMARTS) is 1. The maximum absolute atomic E-state index is 10.8. The summed E-state index contributed by atoms with van der Waals surface area (Å²) in [5.74, 6) is -1.42. The first-order valence-corrected chi connectivity index (χ1v) is 5.28. The van der Waals surface area contributed by atoms with Gasteiger partial charge < -0.3 is 5.11 Å². The molecule has 0 aromatic carbocycles. The molecular formula is C8H6N4O4S. The van der Waals surface area contributed by atoms with Crippen molar-refractivity contribution in [2.45, 2.75) is 6.54 Å². The molecule has 0 spiro atoms. The van der Waals surface area contributed by atoms with Crippen LogP contribution >= 0.6 is 11.3 Å². The van der Waals surface area contributed by atoms with Gasteiger partial charge in [0.1, 0.15) is 6.20 Å². The molecule has 0 aliphatic rings. The zero-order valence-corrected chi connectivity index (χ0v) is 9.12. The minimum atomic E-state index is -1.42. The van der Waals surface area contributed by atoms with Gasteiger partial charge in [-0.3, -0.25) is 19.8 Å². The fraction of sp³-hybridized carbons (Fsp3) is 0.125. The molecule has 0 aliphatic carbocycles. The topological polar surface area (TPSA) is 111 Å². The number of rotatable bonds is 4. The highest BCUT2D eigenvalue weighted by atomic mass is 32.1. The standard InChI is InChI=1S/C8H6N4O4S/c13-8(14)7-6(12(15)16)3-11(10-7)2-5-1-9-4-17-5/h1,3-4H,2H2,(H,13,14). The predicted octanol–water partition coefficient (Wildman–Crippen LogP) is 0.994. The summed E-state index contributed by atoms with van der Waals surface area (Å²) in [4.78, 5) is 25.3. The molecule has 0 saturated carbocycles. The summed E-state index contributed by atoms with van der Waals surface area (Å²) < 4.78 is 1.22. The summed E-state index contributed by atoms with van der Waals surface area (Å²) in [6, 6.07) is 0. The first-order chi connectivity index (χ1) is 8.08. The highest BCUT2D eigenvalue weighted by molar-refractivity contribution is 7.09. The average molecular weight is 254 g/mol. The van der Waals surface area contributed by atoms with E-state index < -0.39 is 22.3 Å². The number of hydrogen-bond donors (Lipinski definition) is 1. The molecule has 2 heterocycles. The van der Waals surface area contributed by atoms with Gasteiger partial charge in [-0.2, -0.15) is 5.10 Å². The van der Waals surface area contributed by atoms with Crippen LogP contribution in [0.2, 0.25) is 0 Å². The van der Waals surface area contributed by atoms with Crippen molar-refractivity contribution >= 4 is 23.0 Å². The van der Waals surface area contributed by atoms with Crippen molar-refractivity contribution in [3.63, 3.8) is 0 Å². The van der Waals surface area contributed by atoms with E-state index >= 15 is 0 Å². The van der Waals surface area contributed by atoms with E-state index in [1.807, 2.05) is 0 Å². The minimum Gasteiger partial charge on any atom is -0.476 e. The van der Waals surface area contributed by atoms with Gasteiger partial charge in [-0.25, -0.2) is 4.79 Å². The van der Waals surface area contributed by atoms with Crippen LogP contribution in [0.1, 0.15) is 15.4 Å². The lowest BCUT2D eigenvalue weighted by Crippen LogP contribution is -2.04. The molecular weight excluding hydrogens is 248 g/mol. The van der Waals surface area contributed by atoms with Crippen molar-refractivity contribution in [3.8, 4) is 0 Å². The Labute approximate surface area is 98.3 Å². The van der Waals surface area contributed by atoms with Gasteiger partial charge >= 0.3 is 11.7 Å². The third-order valence-electron chi connectivity index (χ3n) is 1.94. The lowest BCUT2D eigenvalue weighted by molar-refractivity contribution is -0.385. The SMILES string of the molecule is O=C(O)c1nn(Cc2cncs2)cc1[N+](=O)[O-]. The van der Waals surface area contributed by atoms with Crippen LogP contribution in [0.15, 0.2) is 17.9 Å². The number of carbonyl (C=O) groups is 1. The van der Waals surface area contributed by atoms with Crippen LogP contribution in [0.5, 0.6) is 0 Å².